The highest BCUT2D eigenvalue weighted by Gasteiger charge is 2.44. The summed E-state index contributed by atoms with van der Waals surface area (Å²) in [5.41, 5.74) is 1.58. The quantitative estimate of drug-likeness (QED) is 0.946. The van der Waals surface area contributed by atoms with Gasteiger partial charge in [-0.25, -0.2) is 0 Å². The number of hydrogen-bond acceptors (Lipinski definition) is 4. The lowest BCUT2D eigenvalue weighted by molar-refractivity contribution is -0.137. The van der Waals surface area contributed by atoms with Gasteiger partial charge >= 0.3 is 6.18 Å². The summed E-state index contributed by atoms with van der Waals surface area (Å²) in [5.74, 6) is -0.414. The van der Waals surface area contributed by atoms with Gasteiger partial charge in [-0.15, -0.1) is 10.2 Å². The molecule has 2 aromatic rings. The average Bonchev–Trinajstić information content (AvgIpc) is 3.09. The van der Waals surface area contributed by atoms with Crippen molar-refractivity contribution in [2.75, 3.05) is 5.32 Å². The Morgan fingerprint density at radius 1 is 1.29 bits per heavy atom. The van der Waals surface area contributed by atoms with Crippen LogP contribution < -0.4 is 5.32 Å². The number of nitrogens with zero attached hydrogens (tertiary/aromatic N) is 2. The van der Waals surface area contributed by atoms with Crippen LogP contribution in [0.5, 0.6) is 0 Å². The third-order valence-electron chi connectivity index (χ3n) is 3.38. The Balaban J connectivity index is 1.63. The van der Waals surface area contributed by atoms with Crippen LogP contribution in [0.4, 0.5) is 18.3 Å². The van der Waals surface area contributed by atoms with Gasteiger partial charge in [-0.05, 0) is 30.0 Å². The largest absolute Gasteiger partial charge is 0.416 e. The molecule has 3 rings (SSSR count). The first-order valence-corrected chi connectivity index (χ1v) is 7.07. The smallest absolute Gasteiger partial charge is 0.300 e. The van der Waals surface area contributed by atoms with E-state index in [-0.39, 0.29) is 17.7 Å². The molecule has 1 aliphatic carbocycles. The van der Waals surface area contributed by atoms with Crippen LogP contribution in [-0.2, 0) is 11.0 Å². The van der Waals surface area contributed by atoms with Gasteiger partial charge < -0.3 is 5.32 Å². The molecule has 1 aromatic carbocycles. The second-order valence-corrected chi connectivity index (χ2v) is 5.63. The Labute approximate surface area is 122 Å². The Bertz CT molecular complexity index is 640. The topological polar surface area (TPSA) is 54.9 Å². The van der Waals surface area contributed by atoms with Crippen LogP contribution in [0, 0.1) is 5.92 Å². The number of aromatic nitrogens is 2. The van der Waals surface area contributed by atoms with Crippen molar-refractivity contribution in [3.8, 4) is 0 Å². The van der Waals surface area contributed by atoms with Gasteiger partial charge in [0.1, 0.15) is 5.51 Å². The van der Waals surface area contributed by atoms with Gasteiger partial charge in [0.15, 0.2) is 0 Å². The molecule has 0 bridgehead atoms. The number of amides is 1. The third kappa shape index (κ3) is 3.05. The molecular weight excluding hydrogens is 303 g/mol. The van der Waals surface area contributed by atoms with Crippen molar-refractivity contribution in [3.05, 3.63) is 40.9 Å². The van der Waals surface area contributed by atoms with Gasteiger partial charge in [0.25, 0.3) is 0 Å². The number of carbonyl (C=O) groups excluding carboxylic acids is 1. The lowest BCUT2D eigenvalue weighted by Gasteiger charge is -2.07. The predicted octanol–water partition coefficient (Wildman–Crippen LogP) is 3.30. The minimum atomic E-state index is -4.34. The summed E-state index contributed by atoms with van der Waals surface area (Å²) < 4.78 is 37.4. The molecule has 1 amide bonds. The summed E-state index contributed by atoms with van der Waals surface area (Å²) in [6.07, 6.45) is -3.70. The van der Waals surface area contributed by atoms with E-state index in [9.17, 15) is 18.0 Å². The first-order valence-electron chi connectivity index (χ1n) is 6.19. The molecule has 2 unspecified atom stereocenters. The zero-order valence-electron chi connectivity index (χ0n) is 10.6. The number of carbonyl (C=O) groups is 1. The van der Waals surface area contributed by atoms with E-state index < -0.39 is 11.7 Å². The van der Waals surface area contributed by atoms with E-state index in [2.05, 4.69) is 15.5 Å². The summed E-state index contributed by atoms with van der Waals surface area (Å²) in [5, 5.41) is 10.4. The highest BCUT2D eigenvalue weighted by atomic mass is 32.1. The van der Waals surface area contributed by atoms with Crippen LogP contribution in [0.2, 0.25) is 0 Å². The second-order valence-electron chi connectivity index (χ2n) is 4.80. The maximum atomic E-state index is 12.5. The van der Waals surface area contributed by atoms with Gasteiger partial charge in [0.05, 0.1) is 5.56 Å². The van der Waals surface area contributed by atoms with Gasteiger partial charge in [-0.3, -0.25) is 4.79 Å². The standard InChI is InChI=1S/C13H10F3N3OS/c14-13(15,16)8-3-1-7(2-4-8)9-5-10(9)11(20)18-12-19-17-6-21-12/h1-4,6,9-10H,5H2,(H,18,19,20). The Morgan fingerprint density at radius 3 is 2.57 bits per heavy atom. The molecule has 1 saturated carbocycles. The number of alkyl halides is 3. The lowest BCUT2D eigenvalue weighted by Crippen LogP contribution is -2.14. The highest BCUT2D eigenvalue weighted by Crippen LogP contribution is 2.48. The molecule has 1 fully saturated rings. The molecule has 0 saturated heterocycles. The zero-order valence-corrected chi connectivity index (χ0v) is 11.4. The first kappa shape index (κ1) is 14.0. The molecule has 0 spiro atoms. The van der Waals surface area contributed by atoms with Crippen molar-refractivity contribution in [1.29, 1.82) is 0 Å². The van der Waals surface area contributed by atoms with Crippen molar-refractivity contribution in [1.82, 2.24) is 10.2 Å². The fourth-order valence-corrected chi connectivity index (χ4v) is 2.65. The normalized spacial score (nSPS) is 21.1. The molecule has 4 nitrogen and oxygen atoms in total. The first-order chi connectivity index (χ1) is 9.95. The molecule has 0 aliphatic heterocycles. The molecule has 0 radical (unpaired) electrons. The van der Waals surface area contributed by atoms with Crippen LogP contribution in [-0.4, -0.2) is 16.1 Å². The summed E-state index contributed by atoms with van der Waals surface area (Å²) >= 11 is 1.22. The molecule has 1 aliphatic rings. The monoisotopic (exact) mass is 313 g/mol. The number of nitrogens with one attached hydrogen (secondary N) is 1. The van der Waals surface area contributed by atoms with E-state index in [4.69, 9.17) is 0 Å². The van der Waals surface area contributed by atoms with Crippen LogP contribution in [0.15, 0.2) is 29.8 Å². The molecule has 1 aromatic heterocycles. The summed E-state index contributed by atoms with van der Waals surface area (Å²) in [6.45, 7) is 0. The van der Waals surface area contributed by atoms with Gasteiger partial charge in [-0.1, -0.05) is 23.5 Å². The molecule has 110 valence electrons. The van der Waals surface area contributed by atoms with E-state index in [1.165, 1.54) is 29.0 Å². The molecule has 8 heteroatoms. The number of halogens is 3. The SMILES string of the molecule is O=C(Nc1nncs1)C1CC1c1ccc(C(F)(F)F)cc1. The molecule has 2 atom stereocenters. The molecule has 1 N–H and O–H groups in total. The summed E-state index contributed by atoms with van der Waals surface area (Å²) in [4.78, 5) is 11.9. The minimum Gasteiger partial charge on any atom is -0.300 e. The minimum absolute atomic E-state index is 0.0276. The second kappa shape index (κ2) is 5.10. The fourth-order valence-electron chi connectivity index (χ4n) is 2.20. The van der Waals surface area contributed by atoms with Crippen LogP contribution in [0.25, 0.3) is 0 Å². The summed E-state index contributed by atoms with van der Waals surface area (Å²) in [6, 6.07) is 4.97. The van der Waals surface area contributed by atoms with E-state index in [1.807, 2.05) is 0 Å². The maximum absolute atomic E-state index is 12.5. The van der Waals surface area contributed by atoms with Gasteiger partial charge in [-0.2, -0.15) is 13.2 Å². The predicted molar refractivity (Wildman–Crippen MR) is 70.8 cm³/mol. The van der Waals surface area contributed by atoms with Crippen LogP contribution in [0.3, 0.4) is 0 Å². The van der Waals surface area contributed by atoms with Crippen molar-refractivity contribution >= 4 is 22.4 Å². The molecule has 21 heavy (non-hydrogen) atoms. The van der Waals surface area contributed by atoms with E-state index >= 15 is 0 Å². The van der Waals surface area contributed by atoms with Crippen LogP contribution >= 0.6 is 11.3 Å². The van der Waals surface area contributed by atoms with E-state index in [0.717, 1.165) is 17.7 Å². The number of anilines is 1. The number of rotatable bonds is 3. The van der Waals surface area contributed by atoms with Gasteiger partial charge in [0.2, 0.25) is 11.0 Å². The number of benzene rings is 1. The summed E-state index contributed by atoms with van der Waals surface area (Å²) in [7, 11) is 0. The fraction of sp³-hybridized carbons (Fsp3) is 0.308. The van der Waals surface area contributed by atoms with Crippen LogP contribution in [0.1, 0.15) is 23.5 Å². The lowest BCUT2D eigenvalue weighted by atomic mass is 10.1. The highest BCUT2D eigenvalue weighted by molar-refractivity contribution is 7.13. The number of hydrogen-bond donors (Lipinski definition) is 1. The molecular formula is C13H10F3N3OS. The Morgan fingerprint density at radius 2 is 2.00 bits per heavy atom. The average molecular weight is 313 g/mol. The maximum Gasteiger partial charge on any atom is 0.416 e. The van der Waals surface area contributed by atoms with Crippen molar-refractivity contribution < 1.29 is 18.0 Å². The van der Waals surface area contributed by atoms with Crippen molar-refractivity contribution in [2.45, 2.75) is 18.5 Å². The van der Waals surface area contributed by atoms with Crippen molar-refractivity contribution in [2.24, 2.45) is 5.92 Å². The van der Waals surface area contributed by atoms with E-state index in [1.54, 1.807) is 0 Å². The van der Waals surface area contributed by atoms with Gasteiger partial charge in [0, 0.05) is 5.92 Å². The molecule has 1 heterocycles. The third-order valence-corrected chi connectivity index (χ3v) is 3.99. The Hall–Kier alpha value is -1.96. The van der Waals surface area contributed by atoms with Crippen molar-refractivity contribution in [3.63, 3.8) is 0 Å². The zero-order chi connectivity index (χ0) is 15.0. The Kier molecular flexibility index (Phi) is 3.40. The van der Waals surface area contributed by atoms with E-state index in [0.29, 0.717) is 11.6 Å².